The molecule has 2 aromatic rings. The highest BCUT2D eigenvalue weighted by molar-refractivity contribution is 6.31. The Labute approximate surface area is 194 Å². The van der Waals surface area contributed by atoms with Crippen molar-refractivity contribution >= 4 is 29.2 Å². The Kier molecular flexibility index (Phi) is 6.83. The van der Waals surface area contributed by atoms with Crippen LogP contribution in [0, 0.1) is 28.4 Å². The molecule has 9 heteroatoms. The number of nitrogens with one attached hydrogen (secondary N) is 1. The summed E-state index contributed by atoms with van der Waals surface area (Å²) in [6.07, 6.45) is 0.113. The van der Waals surface area contributed by atoms with Gasteiger partial charge in [-0.15, -0.1) is 0 Å². The van der Waals surface area contributed by atoms with Crippen LogP contribution in [0.3, 0.4) is 0 Å². The summed E-state index contributed by atoms with van der Waals surface area (Å²) >= 11 is 11.9. The van der Waals surface area contributed by atoms with Crippen LogP contribution in [-0.4, -0.2) is 34.9 Å². The van der Waals surface area contributed by atoms with Gasteiger partial charge in [0.1, 0.15) is 23.1 Å². The van der Waals surface area contributed by atoms with Crippen LogP contribution in [0.4, 0.5) is 8.78 Å². The molecule has 1 heterocycles. The van der Waals surface area contributed by atoms with Gasteiger partial charge < -0.3 is 10.2 Å². The quantitative estimate of drug-likeness (QED) is 0.556. The number of carboxylic acid groups (broad SMARTS) is 1. The lowest BCUT2D eigenvalue weighted by molar-refractivity contribution is -0.139. The van der Waals surface area contributed by atoms with Crippen molar-refractivity contribution in [3.8, 4) is 6.07 Å². The molecular weight excluding hydrogens is 461 g/mol. The number of aliphatic hydroxyl groups is 1. The second-order valence-corrected chi connectivity index (χ2v) is 9.63. The molecule has 0 spiro atoms. The van der Waals surface area contributed by atoms with E-state index in [1.807, 2.05) is 0 Å². The lowest BCUT2D eigenvalue weighted by atomic mass is 9.62. The number of carbonyl (C=O) groups is 1. The van der Waals surface area contributed by atoms with Crippen molar-refractivity contribution in [2.24, 2.45) is 5.41 Å². The van der Waals surface area contributed by atoms with Gasteiger partial charge >= 0.3 is 5.97 Å². The highest BCUT2D eigenvalue weighted by Gasteiger charge is 2.61. The molecule has 1 aliphatic rings. The summed E-state index contributed by atoms with van der Waals surface area (Å²) < 4.78 is 30.4. The number of hydrogen-bond acceptors (Lipinski definition) is 4. The lowest BCUT2D eigenvalue weighted by Crippen LogP contribution is -2.45. The average Bonchev–Trinajstić information content (AvgIpc) is 3.04. The number of halogens is 4. The van der Waals surface area contributed by atoms with E-state index >= 15 is 8.78 Å². The van der Waals surface area contributed by atoms with Crippen molar-refractivity contribution in [2.45, 2.75) is 43.7 Å². The van der Waals surface area contributed by atoms with Crippen LogP contribution in [0.5, 0.6) is 0 Å². The molecule has 5 nitrogen and oxygen atoms in total. The van der Waals surface area contributed by atoms with E-state index < -0.39 is 46.4 Å². The molecule has 2 aromatic carbocycles. The molecule has 1 fully saturated rings. The van der Waals surface area contributed by atoms with Gasteiger partial charge in [-0.25, -0.2) is 8.78 Å². The number of aliphatic carboxylic acids is 1. The highest BCUT2D eigenvalue weighted by atomic mass is 35.5. The van der Waals surface area contributed by atoms with Gasteiger partial charge in [0.15, 0.2) is 0 Å². The van der Waals surface area contributed by atoms with E-state index in [1.54, 1.807) is 13.8 Å². The molecule has 3 N–H and O–H groups in total. The summed E-state index contributed by atoms with van der Waals surface area (Å²) in [7, 11) is 0. The number of carboxylic acids is 1. The molecule has 0 saturated carbocycles. The van der Waals surface area contributed by atoms with Crippen LogP contribution in [0.2, 0.25) is 10.0 Å². The fourth-order valence-electron chi connectivity index (χ4n) is 4.55. The van der Waals surface area contributed by atoms with E-state index in [0.717, 1.165) is 6.07 Å². The summed E-state index contributed by atoms with van der Waals surface area (Å²) in [5, 5.41) is 33.0. The Bertz CT molecular complexity index is 1090. The molecular formula is C23H22Cl2F2N2O3. The zero-order valence-corrected chi connectivity index (χ0v) is 18.9. The minimum absolute atomic E-state index is 0.0952. The predicted octanol–water partition coefficient (Wildman–Crippen LogP) is 4.65. The first-order chi connectivity index (χ1) is 15.0. The van der Waals surface area contributed by atoms with Crippen LogP contribution >= 0.6 is 23.2 Å². The minimum Gasteiger partial charge on any atom is -0.480 e. The zero-order valence-electron chi connectivity index (χ0n) is 17.4. The Morgan fingerprint density at radius 3 is 2.53 bits per heavy atom. The molecule has 0 aromatic heterocycles. The molecule has 1 saturated heterocycles. The Hall–Kier alpha value is -2.24. The van der Waals surface area contributed by atoms with Gasteiger partial charge in [-0.05, 0) is 35.6 Å². The summed E-state index contributed by atoms with van der Waals surface area (Å²) in [4.78, 5) is 12.2. The molecule has 0 amide bonds. The third kappa shape index (κ3) is 4.08. The van der Waals surface area contributed by atoms with Crippen LogP contribution < -0.4 is 5.32 Å². The monoisotopic (exact) mass is 482 g/mol. The summed E-state index contributed by atoms with van der Waals surface area (Å²) in [6.45, 7) is 3.21. The predicted molar refractivity (Wildman–Crippen MR) is 117 cm³/mol. The Morgan fingerprint density at radius 2 is 1.97 bits per heavy atom. The molecule has 170 valence electrons. The lowest BCUT2D eigenvalue weighted by Gasteiger charge is -2.37. The minimum atomic E-state index is -1.84. The molecule has 0 aliphatic carbocycles. The number of benzene rings is 2. The first kappa shape index (κ1) is 24.4. The third-order valence-electron chi connectivity index (χ3n) is 6.08. The van der Waals surface area contributed by atoms with Crippen LogP contribution in [-0.2, 0) is 10.2 Å². The number of nitrogens with zero attached hydrogens (tertiary/aromatic N) is 1. The van der Waals surface area contributed by atoms with Gasteiger partial charge in [-0.1, -0.05) is 55.2 Å². The van der Waals surface area contributed by atoms with Crippen LogP contribution in [0.25, 0.3) is 0 Å². The van der Waals surface area contributed by atoms with E-state index in [0.29, 0.717) is 0 Å². The summed E-state index contributed by atoms with van der Waals surface area (Å²) in [5.41, 5.74) is -2.80. The molecule has 4 atom stereocenters. The number of aliphatic hydroxyl groups excluding tert-OH is 1. The normalized spacial score (nSPS) is 25.5. The SMILES string of the molecule is CC(C)(CO)C[C@H]1N[C@H](C(=O)O)[C@@H](c2cccc(Cl)c2F)[C@]1(C#N)c1ccc(Cl)cc1F. The van der Waals surface area contributed by atoms with Crippen molar-refractivity contribution in [2.75, 3.05) is 6.61 Å². The first-order valence-corrected chi connectivity index (χ1v) is 10.6. The molecule has 1 aliphatic heterocycles. The highest BCUT2D eigenvalue weighted by Crippen LogP contribution is 2.52. The smallest absolute Gasteiger partial charge is 0.321 e. The van der Waals surface area contributed by atoms with E-state index in [-0.39, 0.29) is 34.2 Å². The maximum atomic E-state index is 15.2. The van der Waals surface area contributed by atoms with Crippen molar-refractivity contribution in [3.63, 3.8) is 0 Å². The second-order valence-electron chi connectivity index (χ2n) is 8.79. The fourth-order valence-corrected chi connectivity index (χ4v) is 4.89. The molecule has 3 rings (SSSR count). The molecule has 32 heavy (non-hydrogen) atoms. The van der Waals surface area contributed by atoms with E-state index in [9.17, 15) is 20.3 Å². The zero-order chi connectivity index (χ0) is 23.8. The first-order valence-electron chi connectivity index (χ1n) is 9.89. The van der Waals surface area contributed by atoms with E-state index in [4.69, 9.17) is 23.2 Å². The Balaban J connectivity index is 2.37. The number of nitriles is 1. The van der Waals surface area contributed by atoms with Gasteiger partial charge in [0, 0.05) is 29.2 Å². The molecule has 0 bridgehead atoms. The van der Waals surface area contributed by atoms with Gasteiger partial charge in [0.05, 0.1) is 11.1 Å². The Morgan fingerprint density at radius 1 is 1.28 bits per heavy atom. The third-order valence-corrected chi connectivity index (χ3v) is 6.61. The van der Waals surface area contributed by atoms with Crippen molar-refractivity contribution in [1.29, 1.82) is 5.26 Å². The van der Waals surface area contributed by atoms with Gasteiger partial charge in [0.2, 0.25) is 0 Å². The summed E-state index contributed by atoms with van der Waals surface area (Å²) in [5.74, 6) is -4.33. The topological polar surface area (TPSA) is 93.3 Å². The van der Waals surface area contributed by atoms with Crippen molar-refractivity contribution < 1.29 is 23.8 Å². The van der Waals surface area contributed by atoms with Crippen molar-refractivity contribution in [1.82, 2.24) is 5.32 Å². The van der Waals surface area contributed by atoms with Gasteiger partial charge in [0.25, 0.3) is 0 Å². The average molecular weight is 483 g/mol. The summed E-state index contributed by atoms with van der Waals surface area (Å²) in [6, 6.07) is 7.63. The maximum Gasteiger partial charge on any atom is 0.321 e. The second kappa shape index (κ2) is 8.95. The maximum absolute atomic E-state index is 15.2. The molecule has 0 unspecified atom stereocenters. The fraction of sp³-hybridized carbons (Fsp3) is 0.391. The molecule has 0 radical (unpaired) electrons. The van der Waals surface area contributed by atoms with Crippen LogP contribution in [0.15, 0.2) is 36.4 Å². The van der Waals surface area contributed by atoms with Crippen molar-refractivity contribution in [3.05, 3.63) is 69.2 Å². The number of hydrogen-bond donors (Lipinski definition) is 3. The standard InChI is InChI=1S/C23H22Cl2F2N2O3/c1-22(2,11-30)9-17-23(10-28,14-7-6-12(24)8-16(14)26)18(20(29-17)21(31)32)13-4-3-5-15(25)19(13)27/h3-8,17-18,20,29-30H,9,11H2,1-2H3,(H,31,32)/t17-,18-,20+,23-/m1/s1. The van der Waals surface area contributed by atoms with Crippen LogP contribution in [0.1, 0.15) is 37.3 Å². The van der Waals surface area contributed by atoms with E-state index in [1.165, 1.54) is 30.3 Å². The number of rotatable bonds is 6. The van der Waals surface area contributed by atoms with Gasteiger partial charge in [-0.3, -0.25) is 10.1 Å². The largest absolute Gasteiger partial charge is 0.480 e. The van der Waals surface area contributed by atoms with Gasteiger partial charge in [-0.2, -0.15) is 5.26 Å². The van der Waals surface area contributed by atoms with E-state index in [2.05, 4.69) is 11.4 Å².